The molecule has 21 heavy (non-hydrogen) atoms. The van der Waals surface area contributed by atoms with Gasteiger partial charge in [0.05, 0.1) is 0 Å². The SMILES string of the molecule is O=C(CC1CNc2ccccc21)NCc1ccccc1O. The molecule has 1 unspecified atom stereocenters. The monoisotopic (exact) mass is 282 g/mol. The van der Waals surface area contributed by atoms with Crippen molar-refractivity contribution in [2.24, 2.45) is 0 Å². The quantitative estimate of drug-likeness (QED) is 0.808. The minimum atomic E-state index is 0.00163. The fraction of sp³-hybridized carbons (Fsp3) is 0.235. The van der Waals surface area contributed by atoms with Gasteiger partial charge >= 0.3 is 0 Å². The van der Waals surface area contributed by atoms with E-state index in [0.29, 0.717) is 13.0 Å². The van der Waals surface area contributed by atoms with Crippen LogP contribution in [0.3, 0.4) is 0 Å². The predicted molar refractivity (Wildman–Crippen MR) is 82.2 cm³/mol. The van der Waals surface area contributed by atoms with E-state index < -0.39 is 0 Å². The normalized spacial score (nSPS) is 16.1. The Morgan fingerprint density at radius 2 is 1.95 bits per heavy atom. The lowest BCUT2D eigenvalue weighted by atomic mass is 9.97. The van der Waals surface area contributed by atoms with Crippen LogP contribution in [0.4, 0.5) is 5.69 Å². The molecule has 0 fully saturated rings. The summed E-state index contributed by atoms with van der Waals surface area (Å²) in [5, 5.41) is 15.9. The maximum Gasteiger partial charge on any atom is 0.220 e. The van der Waals surface area contributed by atoms with Gasteiger partial charge in [0.25, 0.3) is 0 Å². The first-order valence-electron chi connectivity index (χ1n) is 7.10. The molecule has 0 radical (unpaired) electrons. The standard InChI is InChI=1S/C17H18N2O2/c20-16-8-4-1-5-12(16)10-19-17(21)9-13-11-18-15-7-3-2-6-14(13)15/h1-8,13,18,20H,9-11H2,(H,19,21). The summed E-state index contributed by atoms with van der Waals surface area (Å²) >= 11 is 0. The van der Waals surface area contributed by atoms with Crippen molar-refractivity contribution in [3.63, 3.8) is 0 Å². The highest BCUT2D eigenvalue weighted by Crippen LogP contribution is 2.33. The molecule has 0 aromatic heterocycles. The fourth-order valence-electron chi connectivity index (χ4n) is 2.69. The number of carbonyl (C=O) groups is 1. The molecular formula is C17H18N2O2. The molecule has 1 heterocycles. The van der Waals surface area contributed by atoms with Crippen molar-refractivity contribution in [1.82, 2.24) is 5.32 Å². The second-order valence-corrected chi connectivity index (χ2v) is 5.27. The molecule has 1 atom stereocenters. The van der Waals surface area contributed by atoms with Crippen molar-refractivity contribution in [2.75, 3.05) is 11.9 Å². The number of phenols is 1. The first-order valence-corrected chi connectivity index (χ1v) is 7.10. The van der Waals surface area contributed by atoms with Gasteiger partial charge in [-0.25, -0.2) is 0 Å². The molecule has 4 nitrogen and oxygen atoms in total. The van der Waals surface area contributed by atoms with Crippen LogP contribution in [-0.2, 0) is 11.3 Å². The van der Waals surface area contributed by atoms with Crippen molar-refractivity contribution in [3.8, 4) is 5.75 Å². The van der Waals surface area contributed by atoms with Gasteiger partial charge in [-0.3, -0.25) is 4.79 Å². The molecule has 1 aliphatic heterocycles. The highest BCUT2D eigenvalue weighted by molar-refractivity contribution is 5.78. The summed E-state index contributed by atoms with van der Waals surface area (Å²) < 4.78 is 0. The summed E-state index contributed by atoms with van der Waals surface area (Å²) in [6.45, 7) is 1.15. The zero-order chi connectivity index (χ0) is 14.7. The van der Waals surface area contributed by atoms with Crippen molar-refractivity contribution in [3.05, 3.63) is 59.7 Å². The molecular weight excluding hydrogens is 264 g/mol. The third kappa shape index (κ3) is 2.99. The third-order valence-electron chi connectivity index (χ3n) is 3.84. The van der Waals surface area contributed by atoms with E-state index in [2.05, 4.69) is 16.7 Å². The second-order valence-electron chi connectivity index (χ2n) is 5.27. The van der Waals surface area contributed by atoms with E-state index in [0.717, 1.165) is 17.8 Å². The summed E-state index contributed by atoms with van der Waals surface area (Å²) in [5.74, 6) is 0.429. The smallest absolute Gasteiger partial charge is 0.220 e. The Morgan fingerprint density at radius 1 is 1.19 bits per heavy atom. The van der Waals surface area contributed by atoms with E-state index in [1.807, 2.05) is 30.3 Å². The summed E-state index contributed by atoms with van der Waals surface area (Å²) in [7, 11) is 0. The van der Waals surface area contributed by atoms with Gasteiger partial charge in [0.2, 0.25) is 5.91 Å². The Hall–Kier alpha value is -2.49. The number of phenolic OH excluding ortho intramolecular Hbond substituents is 1. The number of anilines is 1. The Morgan fingerprint density at radius 3 is 2.81 bits per heavy atom. The van der Waals surface area contributed by atoms with E-state index in [1.54, 1.807) is 12.1 Å². The van der Waals surface area contributed by atoms with Crippen molar-refractivity contribution in [1.29, 1.82) is 0 Å². The van der Waals surface area contributed by atoms with Crippen molar-refractivity contribution in [2.45, 2.75) is 18.9 Å². The van der Waals surface area contributed by atoms with E-state index in [1.165, 1.54) is 5.56 Å². The van der Waals surface area contributed by atoms with Crippen LogP contribution in [0.2, 0.25) is 0 Å². The summed E-state index contributed by atoms with van der Waals surface area (Å²) in [6, 6.07) is 15.1. The largest absolute Gasteiger partial charge is 0.508 e. The third-order valence-corrected chi connectivity index (χ3v) is 3.84. The van der Waals surface area contributed by atoms with E-state index in [-0.39, 0.29) is 17.6 Å². The van der Waals surface area contributed by atoms with Gasteiger partial charge in [-0.1, -0.05) is 36.4 Å². The lowest BCUT2D eigenvalue weighted by molar-refractivity contribution is -0.121. The van der Waals surface area contributed by atoms with Crippen LogP contribution >= 0.6 is 0 Å². The topological polar surface area (TPSA) is 61.4 Å². The number of aromatic hydroxyl groups is 1. The molecule has 0 saturated carbocycles. The average Bonchev–Trinajstić information content (AvgIpc) is 2.90. The molecule has 0 aliphatic carbocycles. The Balaban J connectivity index is 1.57. The number of hydrogen-bond acceptors (Lipinski definition) is 3. The first-order chi connectivity index (χ1) is 10.2. The molecule has 0 saturated heterocycles. The molecule has 108 valence electrons. The molecule has 0 bridgehead atoms. The predicted octanol–water partition coefficient (Wildman–Crippen LogP) is 2.61. The highest BCUT2D eigenvalue weighted by Gasteiger charge is 2.23. The number of nitrogens with one attached hydrogen (secondary N) is 2. The molecule has 4 heteroatoms. The first kappa shape index (κ1) is 13.5. The molecule has 3 rings (SSSR count). The molecule has 3 N–H and O–H groups in total. The lowest BCUT2D eigenvalue weighted by Gasteiger charge is -2.11. The molecule has 1 aliphatic rings. The van der Waals surface area contributed by atoms with Gasteiger partial charge in [0.1, 0.15) is 5.75 Å². The van der Waals surface area contributed by atoms with E-state index in [4.69, 9.17) is 0 Å². The summed E-state index contributed by atoms with van der Waals surface area (Å²) in [5.41, 5.74) is 3.06. The maximum atomic E-state index is 12.1. The van der Waals surface area contributed by atoms with Crippen LogP contribution in [0.1, 0.15) is 23.5 Å². The number of amides is 1. The Bertz CT molecular complexity index is 655. The van der Waals surface area contributed by atoms with E-state index >= 15 is 0 Å². The van der Waals surface area contributed by atoms with Crippen LogP contribution in [0.15, 0.2) is 48.5 Å². The van der Waals surface area contributed by atoms with Crippen LogP contribution in [0.25, 0.3) is 0 Å². The summed E-state index contributed by atoms with van der Waals surface area (Å²) in [6.07, 6.45) is 0.456. The van der Waals surface area contributed by atoms with Gasteiger partial charge in [-0.15, -0.1) is 0 Å². The maximum absolute atomic E-state index is 12.1. The van der Waals surface area contributed by atoms with Gasteiger partial charge in [0.15, 0.2) is 0 Å². The van der Waals surface area contributed by atoms with Crippen LogP contribution in [0.5, 0.6) is 5.75 Å². The van der Waals surface area contributed by atoms with E-state index in [9.17, 15) is 9.90 Å². The summed E-state index contributed by atoms with van der Waals surface area (Å²) in [4.78, 5) is 12.1. The number of para-hydroxylation sites is 2. The van der Waals surface area contributed by atoms with Gasteiger partial charge in [-0.05, 0) is 17.7 Å². The van der Waals surface area contributed by atoms with Crippen molar-refractivity contribution >= 4 is 11.6 Å². The Labute approximate surface area is 123 Å². The van der Waals surface area contributed by atoms with Gasteiger partial charge < -0.3 is 15.7 Å². The lowest BCUT2D eigenvalue weighted by Crippen LogP contribution is -2.25. The Kier molecular flexibility index (Phi) is 3.77. The second kappa shape index (κ2) is 5.87. The number of fused-ring (bicyclic) bond motifs is 1. The minimum Gasteiger partial charge on any atom is -0.508 e. The minimum absolute atomic E-state index is 0.00163. The average molecular weight is 282 g/mol. The zero-order valence-corrected chi connectivity index (χ0v) is 11.7. The van der Waals surface area contributed by atoms with Crippen molar-refractivity contribution < 1.29 is 9.90 Å². The fourth-order valence-corrected chi connectivity index (χ4v) is 2.69. The molecule has 2 aromatic carbocycles. The highest BCUT2D eigenvalue weighted by atomic mass is 16.3. The number of rotatable bonds is 4. The van der Waals surface area contributed by atoms with Gasteiger partial charge in [0, 0.05) is 36.7 Å². The zero-order valence-electron chi connectivity index (χ0n) is 11.7. The molecule has 0 spiro atoms. The number of benzene rings is 2. The van der Waals surface area contributed by atoms with Crippen LogP contribution in [0, 0.1) is 0 Å². The molecule has 1 amide bonds. The van der Waals surface area contributed by atoms with Crippen LogP contribution in [-0.4, -0.2) is 17.6 Å². The van der Waals surface area contributed by atoms with Gasteiger partial charge in [-0.2, -0.15) is 0 Å². The number of hydrogen-bond donors (Lipinski definition) is 3. The van der Waals surface area contributed by atoms with Crippen LogP contribution < -0.4 is 10.6 Å². The molecule has 2 aromatic rings. The number of carbonyl (C=O) groups excluding carboxylic acids is 1.